The van der Waals surface area contributed by atoms with Crippen LogP contribution in [0.15, 0.2) is 42.5 Å². The number of carbonyl (C=O) groups is 2. The molecule has 0 spiro atoms. The summed E-state index contributed by atoms with van der Waals surface area (Å²) in [6.07, 6.45) is 6.55. The summed E-state index contributed by atoms with van der Waals surface area (Å²) in [5.74, 6) is -0.715. The third-order valence-electron chi connectivity index (χ3n) is 6.64. The van der Waals surface area contributed by atoms with Crippen LogP contribution in [0.3, 0.4) is 0 Å². The molecule has 2 aromatic carbocycles. The van der Waals surface area contributed by atoms with Gasteiger partial charge in [-0.3, -0.25) is 13.9 Å². The highest BCUT2D eigenvalue weighted by Gasteiger charge is 2.33. The number of benzene rings is 2. The monoisotopic (exact) mass is 567 g/mol. The van der Waals surface area contributed by atoms with Gasteiger partial charge in [0, 0.05) is 12.6 Å². The van der Waals surface area contributed by atoms with E-state index in [-0.39, 0.29) is 18.5 Å². The molecule has 7 nitrogen and oxygen atoms in total. The van der Waals surface area contributed by atoms with Crippen molar-refractivity contribution in [3.05, 3.63) is 63.6 Å². The van der Waals surface area contributed by atoms with Crippen LogP contribution in [0.2, 0.25) is 10.0 Å². The van der Waals surface area contributed by atoms with Gasteiger partial charge in [0.2, 0.25) is 21.8 Å². The van der Waals surface area contributed by atoms with Crippen molar-refractivity contribution in [2.75, 3.05) is 17.1 Å². The van der Waals surface area contributed by atoms with E-state index in [0.717, 1.165) is 48.2 Å². The second-order valence-electron chi connectivity index (χ2n) is 9.65. The Labute approximate surface area is 230 Å². The van der Waals surface area contributed by atoms with Gasteiger partial charge in [-0.2, -0.15) is 0 Å². The van der Waals surface area contributed by atoms with Crippen LogP contribution in [0.4, 0.5) is 5.69 Å². The van der Waals surface area contributed by atoms with E-state index in [0.29, 0.717) is 27.7 Å². The van der Waals surface area contributed by atoms with Crippen molar-refractivity contribution in [3.63, 3.8) is 0 Å². The van der Waals surface area contributed by atoms with Crippen LogP contribution in [-0.2, 0) is 26.2 Å². The van der Waals surface area contributed by atoms with E-state index >= 15 is 0 Å². The highest BCUT2D eigenvalue weighted by atomic mass is 35.5. The van der Waals surface area contributed by atoms with Gasteiger partial charge in [0.1, 0.15) is 12.6 Å². The lowest BCUT2D eigenvalue weighted by molar-refractivity contribution is -0.140. The molecule has 1 unspecified atom stereocenters. The molecule has 0 heterocycles. The molecule has 1 aliphatic rings. The average molecular weight is 569 g/mol. The summed E-state index contributed by atoms with van der Waals surface area (Å²) in [6.45, 7) is 3.34. The fourth-order valence-electron chi connectivity index (χ4n) is 4.70. The second-order valence-corrected chi connectivity index (χ2v) is 12.4. The van der Waals surface area contributed by atoms with Crippen LogP contribution in [-0.4, -0.2) is 50.0 Å². The first-order valence-electron chi connectivity index (χ1n) is 12.6. The van der Waals surface area contributed by atoms with Crippen LogP contribution in [0.1, 0.15) is 56.6 Å². The van der Waals surface area contributed by atoms with Crippen molar-refractivity contribution in [2.24, 2.45) is 0 Å². The highest BCUT2D eigenvalue weighted by molar-refractivity contribution is 7.92. The topological polar surface area (TPSA) is 86.8 Å². The highest BCUT2D eigenvalue weighted by Crippen LogP contribution is 2.25. The summed E-state index contributed by atoms with van der Waals surface area (Å²) >= 11 is 12.3. The number of rotatable bonds is 10. The van der Waals surface area contributed by atoms with Crippen LogP contribution in [0.5, 0.6) is 0 Å². The molecule has 0 aliphatic heterocycles. The number of halogens is 2. The lowest BCUT2D eigenvalue weighted by Gasteiger charge is -2.34. The van der Waals surface area contributed by atoms with Gasteiger partial charge in [-0.1, -0.05) is 67.6 Å². The first-order chi connectivity index (χ1) is 17.5. The zero-order valence-corrected chi connectivity index (χ0v) is 23.9. The van der Waals surface area contributed by atoms with Gasteiger partial charge in [-0.25, -0.2) is 8.42 Å². The molecular weight excluding hydrogens is 533 g/mol. The number of hydrogen-bond donors (Lipinski definition) is 1. The molecule has 0 radical (unpaired) electrons. The maximum Gasteiger partial charge on any atom is 0.244 e. The van der Waals surface area contributed by atoms with Gasteiger partial charge >= 0.3 is 0 Å². The molecule has 1 atom stereocenters. The lowest BCUT2D eigenvalue weighted by atomic mass is 9.95. The lowest BCUT2D eigenvalue weighted by Crippen LogP contribution is -2.53. The van der Waals surface area contributed by atoms with E-state index in [1.54, 1.807) is 36.4 Å². The van der Waals surface area contributed by atoms with Crippen molar-refractivity contribution in [3.8, 4) is 0 Å². The summed E-state index contributed by atoms with van der Waals surface area (Å²) in [5.41, 5.74) is 1.95. The number of nitrogens with zero attached hydrogens (tertiary/aromatic N) is 2. The van der Waals surface area contributed by atoms with Gasteiger partial charge in [0.05, 0.1) is 22.0 Å². The van der Waals surface area contributed by atoms with E-state index in [1.165, 1.54) is 4.90 Å². The molecule has 1 N–H and O–H groups in total. The molecule has 3 rings (SSSR count). The maximum atomic E-state index is 13.8. The molecule has 1 fully saturated rings. The summed E-state index contributed by atoms with van der Waals surface area (Å²) in [6, 6.07) is 11.3. The normalized spacial score (nSPS) is 15.2. The Hall–Kier alpha value is -2.29. The van der Waals surface area contributed by atoms with Crippen molar-refractivity contribution in [1.82, 2.24) is 10.2 Å². The number of anilines is 1. The minimum absolute atomic E-state index is 0.0806. The number of carbonyl (C=O) groups excluding carboxylic acids is 2. The number of aryl methyl sites for hydroxylation is 1. The maximum absolute atomic E-state index is 13.8. The number of nitrogens with one attached hydrogen (secondary N) is 1. The molecule has 2 aromatic rings. The molecule has 202 valence electrons. The van der Waals surface area contributed by atoms with Crippen LogP contribution in [0.25, 0.3) is 0 Å². The molecule has 2 amide bonds. The van der Waals surface area contributed by atoms with Gasteiger partial charge < -0.3 is 10.2 Å². The van der Waals surface area contributed by atoms with Crippen LogP contribution >= 0.6 is 23.2 Å². The molecule has 10 heteroatoms. The van der Waals surface area contributed by atoms with Gasteiger partial charge in [0.25, 0.3) is 0 Å². The molecule has 37 heavy (non-hydrogen) atoms. The molecule has 1 saturated carbocycles. The van der Waals surface area contributed by atoms with Gasteiger partial charge in [0.15, 0.2) is 0 Å². The predicted octanol–water partition coefficient (Wildman–Crippen LogP) is 5.32. The van der Waals surface area contributed by atoms with Crippen molar-refractivity contribution >= 4 is 50.7 Å². The molecule has 0 saturated heterocycles. The van der Waals surface area contributed by atoms with Gasteiger partial charge in [-0.05, 0) is 61.6 Å². The summed E-state index contributed by atoms with van der Waals surface area (Å²) in [5, 5.41) is 3.84. The largest absolute Gasteiger partial charge is 0.352 e. The molecule has 0 bridgehead atoms. The van der Waals surface area contributed by atoms with E-state index in [1.807, 2.05) is 19.9 Å². The zero-order chi connectivity index (χ0) is 27.2. The van der Waals surface area contributed by atoms with Crippen molar-refractivity contribution < 1.29 is 18.0 Å². The second kappa shape index (κ2) is 13.0. The standard InChI is InChI=1S/C27H35Cl2N3O4S/c1-4-25(27(34)30-21-10-6-5-7-11-21)31(17-20-13-14-23(28)24(29)16-20)26(33)18-32(37(3,35)36)22-12-8-9-19(2)15-22/h8-9,12-16,21,25H,4-7,10-11,17-18H2,1-3H3,(H,30,34). The van der Waals surface area contributed by atoms with Crippen LogP contribution in [0, 0.1) is 6.92 Å². The Kier molecular flexibility index (Phi) is 10.3. The third-order valence-corrected chi connectivity index (χ3v) is 8.52. The van der Waals surface area contributed by atoms with Crippen LogP contribution < -0.4 is 9.62 Å². The molecular formula is C27H35Cl2N3O4S. The number of sulfonamides is 1. The Morgan fingerprint density at radius 2 is 1.76 bits per heavy atom. The SMILES string of the molecule is CCC(C(=O)NC1CCCCC1)N(Cc1ccc(Cl)c(Cl)c1)C(=O)CN(c1cccc(C)c1)S(C)(=O)=O. The average Bonchev–Trinajstić information content (AvgIpc) is 2.84. The van der Waals surface area contributed by atoms with E-state index in [2.05, 4.69) is 5.32 Å². The molecule has 1 aliphatic carbocycles. The van der Waals surface area contributed by atoms with Crippen molar-refractivity contribution in [1.29, 1.82) is 0 Å². The van der Waals surface area contributed by atoms with E-state index in [9.17, 15) is 18.0 Å². The van der Waals surface area contributed by atoms with Crippen molar-refractivity contribution in [2.45, 2.75) is 71.0 Å². The predicted molar refractivity (Wildman–Crippen MR) is 149 cm³/mol. The number of amides is 2. The quantitative estimate of drug-likeness (QED) is 0.420. The Morgan fingerprint density at radius 3 is 2.35 bits per heavy atom. The Morgan fingerprint density at radius 1 is 1.05 bits per heavy atom. The number of hydrogen-bond acceptors (Lipinski definition) is 4. The minimum Gasteiger partial charge on any atom is -0.352 e. The Balaban J connectivity index is 1.93. The van der Waals surface area contributed by atoms with E-state index < -0.39 is 28.5 Å². The Bertz CT molecular complexity index is 1220. The zero-order valence-electron chi connectivity index (χ0n) is 21.5. The summed E-state index contributed by atoms with van der Waals surface area (Å²) < 4.78 is 26.5. The van der Waals surface area contributed by atoms with E-state index in [4.69, 9.17) is 23.2 Å². The summed E-state index contributed by atoms with van der Waals surface area (Å²) in [7, 11) is -3.78. The fraction of sp³-hybridized carbons (Fsp3) is 0.481. The molecule has 0 aromatic heterocycles. The fourth-order valence-corrected chi connectivity index (χ4v) is 5.86. The van der Waals surface area contributed by atoms with Gasteiger partial charge in [-0.15, -0.1) is 0 Å². The smallest absolute Gasteiger partial charge is 0.244 e. The third kappa shape index (κ3) is 8.09. The summed E-state index contributed by atoms with van der Waals surface area (Å²) in [4.78, 5) is 28.7. The first kappa shape index (κ1) is 29.3. The minimum atomic E-state index is -3.78. The first-order valence-corrected chi connectivity index (χ1v) is 15.2.